The monoisotopic (exact) mass is 353 g/mol. The zero-order valence-corrected chi connectivity index (χ0v) is 15.3. The van der Waals surface area contributed by atoms with Gasteiger partial charge in [-0.1, -0.05) is 27.7 Å². The predicted molar refractivity (Wildman–Crippen MR) is 93.7 cm³/mol. The minimum atomic E-state index is 0.488. The van der Waals surface area contributed by atoms with E-state index in [9.17, 15) is 0 Å². The van der Waals surface area contributed by atoms with Gasteiger partial charge in [0.2, 0.25) is 0 Å². The number of hydrogen-bond acceptors (Lipinski definition) is 3. The number of halogens is 1. The van der Waals surface area contributed by atoms with Crippen molar-refractivity contribution in [3.63, 3.8) is 0 Å². The molecule has 0 spiro atoms. The Balaban J connectivity index is 2.17. The van der Waals surface area contributed by atoms with E-state index >= 15 is 0 Å². The van der Waals surface area contributed by atoms with Crippen LogP contribution in [0.15, 0.2) is 16.7 Å². The molecule has 0 radical (unpaired) electrons. The molecule has 1 aromatic rings. The second-order valence-corrected chi connectivity index (χ2v) is 7.69. The largest absolute Gasteiger partial charge is 0.353 e. The van der Waals surface area contributed by atoms with Gasteiger partial charge in [0.05, 0.1) is 0 Å². The van der Waals surface area contributed by atoms with Gasteiger partial charge in [-0.15, -0.1) is 0 Å². The number of nitrogens with one attached hydrogen (secondary N) is 1. The Labute approximate surface area is 137 Å². The highest BCUT2D eigenvalue weighted by molar-refractivity contribution is 9.10. The van der Waals surface area contributed by atoms with E-state index in [1.165, 1.54) is 30.6 Å². The summed E-state index contributed by atoms with van der Waals surface area (Å²) in [5.41, 5.74) is 1.30. The van der Waals surface area contributed by atoms with Crippen molar-refractivity contribution < 1.29 is 0 Å². The molecule has 1 saturated carbocycles. The maximum atomic E-state index is 4.73. The maximum absolute atomic E-state index is 4.73. The summed E-state index contributed by atoms with van der Waals surface area (Å²) in [4.78, 5) is 7.27. The Hall–Kier alpha value is -0.610. The van der Waals surface area contributed by atoms with Crippen LogP contribution in [0, 0.1) is 5.92 Å². The molecule has 0 aromatic carbocycles. The minimum absolute atomic E-state index is 0.488. The van der Waals surface area contributed by atoms with E-state index < -0.39 is 0 Å². The molecule has 1 heterocycles. The Kier molecular flexibility index (Phi) is 6.06. The summed E-state index contributed by atoms with van der Waals surface area (Å²) in [7, 11) is 0. The van der Waals surface area contributed by atoms with Crippen molar-refractivity contribution in [1.29, 1.82) is 0 Å². The molecule has 1 aliphatic rings. The fourth-order valence-corrected chi connectivity index (χ4v) is 2.80. The standard InChI is InChI=1S/C17H28BrN3/c1-12(2)7-8-21(16-5-6-16)17-14(10-19-13(3)4)9-15(18)11-20-17/h9,11-13,16,19H,5-8,10H2,1-4H3. The lowest BCUT2D eigenvalue weighted by Crippen LogP contribution is -2.31. The van der Waals surface area contributed by atoms with E-state index in [1.54, 1.807) is 0 Å². The van der Waals surface area contributed by atoms with E-state index in [-0.39, 0.29) is 0 Å². The van der Waals surface area contributed by atoms with Crippen LogP contribution in [-0.2, 0) is 6.54 Å². The zero-order valence-electron chi connectivity index (χ0n) is 13.7. The Morgan fingerprint density at radius 2 is 2.05 bits per heavy atom. The third kappa shape index (κ3) is 5.26. The Morgan fingerprint density at radius 3 is 2.62 bits per heavy atom. The maximum Gasteiger partial charge on any atom is 0.133 e. The minimum Gasteiger partial charge on any atom is -0.353 e. The van der Waals surface area contributed by atoms with Gasteiger partial charge in [0.1, 0.15) is 5.82 Å². The molecule has 1 aliphatic carbocycles. The summed E-state index contributed by atoms with van der Waals surface area (Å²) in [6, 6.07) is 3.40. The lowest BCUT2D eigenvalue weighted by Gasteiger charge is -2.27. The van der Waals surface area contributed by atoms with Gasteiger partial charge in [-0.05, 0) is 47.2 Å². The lowest BCUT2D eigenvalue weighted by atomic mass is 10.1. The quantitative estimate of drug-likeness (QED) is 0.752. The van der Waals surface area contributed by atoms with Crippen molar-refractivity contribution in [3.05, 3.63) is 22.3 Å². The van der Waals surface area contributed by atoms with Crippen LogP contribution in [0.1, 0.15) is 52.5 Å². The average Bonchev–Trinajstić information content (AvgIpc) is 3.22. The molecule has 118 valence electrons. The Bertz CT molecular complexity index is 455. The van der Waals surface area contributed by atoms with Gasteiger partial charge in [-0.25, -0.2) is 4.98 Å². The molecular formula is C17H28BrN3. The molecule has 0 amide bonds. The first-order valence-electron chi connectivity index (χ1n) is 8.11. The van der Waals surface area contributed by atoms with Crippen LogP contribution in [0.3, 0.4) is 0 Å². The topological polar surface area (TPSA) is 28.2 Å². The summed E-state index contributed by atoms with van der Waals surface area (Å²) in [5.74, 6) is 1.91. The van der Waals surface area contributed by atoms with Gasteiger partial charge >= 0.3 is 0 Å². The van der Waals surface area contributed by atoms with Gasteiger partial charge < -0.3 is 10.2 Å². The molecule has 1 fully saturated rings. The third-order valence-corrected chi connectivity index (χ3v) is 4.25. The van der Waals surface area contributed by atoms with E-state index in [0.29, 0.717) is 12.1 Å². The molecular weight excluding hydrogens is 326 g/mol. The van der Waals surface area contributed by atoms with Crippen molar-refractivity contribution in [2.75, 3.05) is 11.4 Å². The van der Waals surface area contributed by atoms with E-state index in [1.807, 2.05) is 6.20 Å². The SMILES string of the molecule is CC(C)CCN(c1ncc(Br)cc1CNC(C)C)C1CC1. The third-order valence-electron chi connectivity index (χ3n) is 3.82. The number of rotatable bonds is 8. The van der Waals surface area contributed by atoms with Crippen molar-refractivity contribution in [1.82, 2.24) is 10.3 Å². The first kappa shape index (κ1) is 16.8. The number of aromatic nitrogens is 1. The van der Waals surface area contributed by atoms with E-state index in [2.05, 4.69) is 59.9 Å². The lowest BCUT2D eigenvalue weighted by molar-refractivity contribution is 0.562. The second kappa shape index (κ2) is 7.59. The molecule has 0 bridgehead atoms. The summed E-state index contributed by atoms with van der Waals surface area (Å²) in [6.07, 6.45) is 5.78. The number of pyridine rings is 1. The van der Waals surface area contributed by atoms with Crippen molar-refractivity contribution in [2.45, 2.75) is 65.6 Å². The molecule has 1 N–H and O–H groups in total. The predicted octanol–water partition coefficient (Wildman–Crippen LogP) is 4.36. The fourth-order valence-electron chi connectivity index (χ4n) is 2.42. The molecule has 4 heteroatoms. The van der Waals surface area contributed by atoms with Crippen LogP contribution in [0.25, 0.3) is 0 Å². The molecule has 1 aromatic heterocycles. The van der Waals surface area contributed by atoms with Crippen LogP contribution in [0.5, 0.6) is 0 Å². The summed E-state index contributed by atoms with van der Waals surface area (Å²) >= 11 is 3.56. The molecule has 2 rings (SSSR count). The van der Waals surface area contributed by atoms with Crippen molar-refractivity contribution in [3.8, 4) is 0 Å². The van der Waals surface area contributed by atoms with Gasteiger partial charge in [-0.2, -0.15) is 0 Å². The first-order valence-corrected chi connectivity index (χ1v) is 8.91. The summed E-state index contributed by atoms with van der Waals surface area (Å²) in [6.45, 7) is 10.9. The zero-order chi connectivity index (χ0) is 15.4. The molecule has 3 nitrogen and oxygen atoms in total. The van der Waals surface area contributed by atoms with Crippen LogP contribution >= 0.6 is 15.9 Å². The molecule has 0 saturated heterocycles. The van der Waals surface area contributed by atoms with E-state index in [4.69, 9.17) is 4.98 Å². The van der Waals surface area contributed by atoms with Crippen LogP contribution in [-0.4, -0.2) is 23.6 Å². The smallest absolute Gasteiger partial charge is 0.133 e. The molecule has 0 unspecified atom stereocenters. The first-order chi connectivity index (χ1) is 9.97. The van der Waals surface area contributed by atoms with Gasteiger partial charge in [0.25, 0.3) is 0 Å². The summed E-state index contributed by atoms with van der Waals surface area (Å²) < 4.78 is 1.06. The van der Waals surface area contributed by atoms with Crippen molar-refractivity contribution >= 4 is 21.7 Å². The van der Waals surface area contributed by atoms with Gasteiger partial charge in [-0.3, -0.25) is 0 Å². The molecule has 0 atom stereocenters. The Morgan fingerprint density at radius 1 is 1.33 bits per heavy atom. The number of hydrogen-bond donors (Lipinski definition) is 1. The van der Waals surface area contributed by atoms with Crippen LogP contribution < -0.4 is 10.2 Å². The van der Waals surface area contributed by atoms with E-state index in [0.717, 1.165) is 23.5 Å². The summed E-state index contributed by atoms with van der Waals surface area (Å²) in [5, 5.41) is 3.52. The van der Waals surface area contributed by atoms with Gasteiger partial charge in [0, 0.05) is 41.4 Å². The normalized spacial score (nSPS) is 15.0. The highest BCUT2D eigenvalue weighted by Crippen LogP contribution is 2.33. The fraction of sp³-hybridized carbons (Fsp3) is 0.706. The number of anilines is 1. The molecule has 21 heavy (non-hydrogen) atoms. The number of nitrogens with zero attached hydrogens (tertiary/aromatic N) is 2. The van der Waals surface area contributed by atoms with Crippen LogP contribution in [0.2, 0.25) is 0 Å². The van der Waals surface area contributed by atoms with Gasteiger partial charge in [0.15, 0.2) is 0 Å². The highest BCUT2D eigenvalue weighted by atomic mass is 79.9. The second-order valence-electron chi connectivity index (χ2n) is 6.78. The molecule has 0 aliphatic heterocycles. The highest BCUT2D eigenvalue weighted by Gasteiger charge is 2.31. The van der Waals surface area contributed by atoms with Crippen LogP contribution in [0.4, 0.5) is 5.82 Å². The average molecular weight is 354 g/mol. The van der Waals surface area contributed by atoms with Crippen molar-refractivity contribution in [2.24, 2.45) is 5.92 Å².